The topological polar surface area (TPSA) is 114 Å². The maximum Gasteiger partial charge on any atom is 0.335 e. The van der Waals surface area contributed by atoms with Crippen LogP contribution in [0.5, 0.6) is 11.5 Å². The number of anilines is 5. The van der Waals surface area contributed by atoms with E-state index in [0.717, 1.165) is 34.1 Å². The number of aromatic nitrogens is 2. The van der Waals surface area contributed by atoms with Crippen LogP contribution in [-0.2, 0) is 11.6 Å². The van der Waals surface area contributed by atoms with Crippen LogP contribution in [-0.4, -0.2) is 39.7 Å². The highest BCUT2D eigenvalue weighted by molar-refractivity contribution is 7.51. The van der Waals surface area contributed by atoms with Crippen molar-refractivity contribution in [2.45, 2.75) is 6.92 Å². The van der Waals surface area contributed by atoms with Crippen molar-refractivity contribution in [3.05, 3.63) is 53.2 Å². The van der Waals surface area contributed by atoms with E-state index in [1.165, 1.54) is 0 Å². The average Bonchev–Trinajstić information content (AvgIpc) is 2.78. The van der Waals surface area contributed by atoms with Gasteiger partial charge in [-0.15, -0.1) is 0 Å². The molecule has 0 atom stereocenters. The van der Waals surface area contributed by atoms with Gasteiger partial charge in [0.15, 0.2) is 5.82 Å². The Balaban J connectivity index is 0.00000107. The second-order valence-corrected chi connectivity index (χ2v) is 6.59. The molecule has 0 amide bonds. The number of rotatable bonds is 7. The molecule has 11 heteroatoms. The van der Waals surface area contributed by atoms with Crippen LogP contribution >= 0.6 is 11.6 Å². The van der Waals surface area contributed by atoms with Crippen LogP contribution in [0.15, 0.2) is 42.6 Å². The molecule has 3 aromatic rings. The lowest BCUT2D eigenvalue weighted by atomic mass is 10.2. The average molecular weight is 464 g/mol. The maximum absolute atomic E-state index is 8.29. The molecular weight excluding hydrogens is 442 g/mol. The van der Waals surface area contributed by atoms with Gasteiger partial charge < -0.3 is 25.4 Å². The second-order valence-electron chi connectivity index (χ2n) is 6.05. The third-order valence-corrected chi connectivity index (χ3v) is 4.46. The Morgan fingerprint density at radius 2 is 1.55 bits per heavy atom. The summed E-state index contributed by atoms with van der Waals surface area (Å²) < 4.78 is 27.1. The first-order chi connectivity index (χ1) is 14.9. The number of hydrogen-bond donors (Lipinski definition) is 3. The summed E-state index contributed by atoms with van der Waals surface area (Å²) in [5.41, 5.74) is 3.56. The minimum absolute atomic E-state index is 0.408. The molecule has 3 rings (SSSR count). The molecule has 31 heavy (non-hydrogen) atoms. The molecule has 0 aliphatic rings. The fourth-order valence-corrected chi connectivity index (χ4v) is 2.73. The molecule has 0 saturated heterocycles. The summed E-state index contributed by atoms with van der Waals surface area (Å²) in [6, 6.07) is 11.4. The zero-order chi connectivity index (χ0) is 22.8. The van der Waals surface area contributed by atoms with Gasteiger partial charge in [0.25, 0.3) is 0 Å². The number of aryl methyl sites for hydroxylation is 1. The van der Waals surface area contributed by atoms with Gasteiger partial charge in [0.05, 0.1) is 31.8 Å². The van der Waals surface area contributed by atoms with E-state index in [-0.39, 0.29) is 0 Å². The fraction of sp³-hybridized carbons (Fsp3) is 0.200. The van der Waals surface area contributed by atoms with Crippen molar-refractivity contribution in [3.8, 4) is 11.5 Å². The monoisotopic (exact) mass is 463 g/mol. The molecule has 0 fully saturated rings. The van der Waals surface area contributed by atoms with Crippen LogP contribution in [0.3, 0.4) is 0 Å². The Morgan fingerprint density at radius 1 is 0.935 bits per heavy atom. The molecule has 0 spiro atoms. The van der Waals surface area contributed by atoms with E-state index >= 15 is 0 Å². The molecule has 3 N–H and O–H groups in total. The van der Waals surface area contributed by atoms with E-state index in [2.05, 4.69) is 25.9 Å². The van der Waals surface area contributed by atoms with Crippen LogP contribution < -0.4 is 25.4 Å². The number of benzene rings is 2. The van der Waals surface area contributed by atoms with Crippen molar-refractivity contribution < 1.29 is 17.9 Å². The quantitative estimate of drug-likeness (QED) is 0.471. The molecule has 2 aromatic carbocycles. The van der Waals surface area contributed by atoms with Crippen molar-refractivity contribution in [3.63, 3.8) is 0 Å². The largest absolute Gasteiger partial charge is 0.497 e. The van der Waals surface area contributed by atoms with Gasteiger partial charge in [0.1, 0.15) is 16.5 Å². The van der Waals surface area contributed by atoms with E-state index in [1.807, 2.05) is 50.4 Å². The van der Waals surface area contributed by atoms with E-state index in [0.29, 0.717) is 16.8 Å². The van der Waals surface area contributed by atoms with Crippen LogP contribution in [0.2, 0.25) is 5.02 Å². The van der Waals surface area contributed by atoms with Crippen molar-refractivity contribution in [2.75, 3.05) is 37.2 Å². The third kappa shape index (κ3) is 6.56. The second kappa shape index (κ2) is 11.7. The predicted octanol–water partition coefficient (Wildman–Crippen LogP) is 4.31. The first kappa shape index (κ1) is 23.9. The smallest absolute Gasteiger partial charge is 0.335 e. The number of ether oxygens (including phenoxy) is 2. The highest BCUT2D eigenvalue weighted by Crippen LogP contribution is 2.32. The third-order valence-electron chi connectivity index (χ3n) is 4.18. The van der Waals surface area contributed by atoms with Gasteiger partial charge >= 0.3 is 11.6 Å². The zero-order valence-corrected chi connectivity index (χ0v) is 18.9. The Kier molecular flexibility index (Phi) is 9.04. The van der Waals surface area contributed by atoms with Gasteiger partial charge in [-0.05, 0) is 30.7 Å². The van der Waals surface area contributed by atoms with Crippen molar-refractivity contribution >= 4 is 52.0 Å². The molecule has 0 radical (unpaired) electrons. The summed E-state index contributed by atoms with van der Waals surface area (Å²) in [5.74, 6) is 2.40. The Bertz CT molecular complexity index is 1080. The molecule has 0 bridgehead atoms. The van der Waals surface area contributed by atoms with Gasteiger partial charge in [-0.2, -0.15) is 13.4 Å². The first-order valence-corrected chi connectivity index (χ1v) is 9.99. The number of methoxy groups -OCH3 is 2. The SMILES string of the molecule is CNc1cc(OC)ccc1Nc1nc(Nc2cc(OC)ccc2C)ncc1Cl.O=S=O. The van der Waals surface area contributed by atoms with Crippen LogP contribution in [0.4, 0.5) is 28.8 Å². The van der Waals surface area contributed by atoms with Gasteiger partial charge in [-0.25, -0.2) is 4.98 Å². The first-order valence-electron chi connectivity index (χ1n) is 8.94. The van der Waals surface area contributed by atoms with Crippen LogP contribution in [0.1, 0.15) is 5.56 Å². The molecule has 1 heterocycles. The highest BCUT2D eigenvalue weighted by Gasteiger charge is 2.11. The predicted molar refractivity (Wildman–Crippen MR) is 123 cm³/mol. The summed E-state index contributed by atoms with van der Waals surface area (Å²) in [5, 5.41) is 9.99. The van der Waals surface area contributed by atoms with Crippen LogP contribution in [0.25, 0.3) is 0 Å². The van der Waals surface area contributed by atoms with E-state index < -0.39 is 11.6 Å². The van der Waals surface area contributed by atoms with Gasteiger partial charge in [0.2, 0.25) is 5.95 Å². The minimum atomic E-state index is -0.750. The minimum Gasteiger partial charge on any atom is -0.497 e. The lowest BCUT2D eigenvalue weighted by Gasteiger charge is -2.15. The number of halogens is 1. The van der Waals surface area contributed by atoms with Crippen molar-refractivity contribution in [1.82, 2.24) is 9.97 Å². The lowest BCUT2D eigenvalue weighted by molar-refractivity contribution is 0.415. The summed E-state index contributed by atoms with van der Waals surface area (Å²) in [7, 11) is 5.09. The highest BCUT2D eigenvalue weighted by atomic mass is 35.5. The molecule has 9 nitrogen and oxygen atoms in total. The zero-order valence-electron chi connectivity index (χ0n) is 17.4. The lowest BCUT2D eigenvalue weighted by Crippen LogP contribution is -2.04. The Morgan fingerprint density at radius 3 is 2.16 bits per heavy atom. The number of nitrogens with one attached hydrogen (secondary N) is 3. The fourth-order valence-electron chi connectivity index (χ4n) is 2.59. The standard InChI is InChI=1S/C20H22ClN5O2.O2S/c1-12-5-6-13(27-3)9-17(12)25-20-23-11-15(21)19(26-20)24-16-8-7-14(28-4)10-18(16)22-2;1-3-2/h5-11,22H,1-4H3,(H2,23,24,25,26);. The van der Waals surface area contributed by atoms with E-state index in [4.69, 9.17) is 29.5 Å². The van der Waals surface area contributed by atoms with E-state index in [1.54, 1.807) is 20.4 Å². The Hall–Kier alpha value is -3.37. The van der Waals surface area contributed by atoms with Gasteiger partial charge in [-0.1, -0.05) is 17.7 Å². The normalized spacial score (nSPS) is 9.71. The Labute approximate surface area is 188 Å². The summed E-state index contributed by atoms with van der Waals surface area (Å²) in [4.78, 5) is 8.78. The maximum atomic E-state index is 8.29. The van der Waals surface area contributed by atoms with Crippen LogP contribution in [0, 0.1) is 6.92 Å². The molecular formula is C20H22ClN5O4S. The molecule has 1 aromatic heterocycles. The van der Waals surface area contributed by atoms with Gasteiger partial charge in [0, 0.05) is 24.9 Å². The van der Waals surface area contributed by atoms with Crippen molar-refractivity contribution in [2.24, 2.45) is 0 Å². The summed E-state index contributed by atoms with van der Waals surface area (Å²) in [6.07, 6.45) is 1.55. The molecule has 0 unspecified atom stereocenters. The van der Waals surface area contributed by atoms with Crippen molar-refractivity contribution in [1.29, 1.82) is 0 Å². The molecule has 0 aliphatic heterocycles. The van der Waals surface area contributed by atoms with E-state index in [9.17, 15) is 0 Å². The number of nitrogens with zero attached hydrogens (tertiary/aromatic N) is 2. The summed E-state index contributed by atoms with van der Waals surface area (Å²) in [6.45, 7) is 1.99. The van der Waals surface area contributed by atoms with Gasteiger partial charge in [-0.3, -0.25) is 0 Å². The number of hydrogen-bond acceptors (Lipinski definition) is 9. The summed E-state index contributed by atoms with van der Waals surface area (Å²) >= 11 is 5.55. The molecule has 164 valence electrons. The molecule has 0 saturated carbocycles. The molecule has 0 aliphatic carbocycles.